The lowest BCUT2D eigenvalue weighted by Crippen LogP contribution is -2.60. The number of carbonyl (C=O) groups is 7. The Bertz CT molecular complexity index is 2000. The van der Waals surface area contributed by atoms with Gasteiger partial charge in [-0.25, -0.2) is 4.98 Å². The summed E-state index contributed by atoms with van der Waals surface area (Å²) in [5.41, 5.74) is 1.07. The zero-order valence-electron chi connectivity index (χ0n) is 42.1. The number of aromatic nitrogens is 1. The first kappa shape index (κ1) is 55.8. The Labute approximate surface area is 407 Å². The fourth-order valence-corrected chi connectivity index (χ4v) is 10.7. The van der Waals surface area contributed by atoms with Gasteiger partial charge >= 0.3 is 0 Å². The number of benzene rings is 1. The smallest absolute Gasteiger partial charge is 0.253 e. The second kappa shape index (κ2) is 26.8. The van der Waals surface area contributed by atoms with Crippen LogP contribution in [0, 0.1) is 23.7 Å². The Balaban J connectivity index is 1.43. The number of thiazole rings is 1. The summed E-state index contributed by atoms with van der Waals surface area (Å²) >= 11 is 1.49. The second-order valence-corrected chi connectivity index (χ2v) is 20.1. The van der Waals surface area contributed by atoms with Gasteiger partial charge in [-0.05, 0) is 62.5 Å². The van der Waals surface area contributed by atoms with Crippen LogP contribution in [0.15, 0.2) is 54.1 Å². The van der Waals surface area contributed by atoms with E-state index in [1.54, 1.807) is 27.5 Å². The molecule has 2 N–H and O–H groups in total. The molecule has 1 aromatic heterocycles. The van der Waals surface area contributed by atoms with Gasteiger partial charge in [0.25, 0.3) is 11.8 Å². The molecule has 16 nitrogen and oxygen atoms in total. The van der Waals surface area contributed by atoms with Crippen molar-refractivity contribution in [2.45, 2.75) is 149 Å². The molecule has 17 heteroatoms. The topological polar surface area (TPSA) is 188 Å². The molecule has 0 bridgehead atoms. The molecule has 7 amide bonds. The van der Waals surface area contributed by atoms with E-state index in [4.69, 9.17) is 9.47 Å². The summed E-state index contributed by atoms with van der Waals surface area (Å²) in [5, 5.41) is 8.58. The van der Waals surface area contributed by atoms with E-state index < -0.39 is 48.1 Å². The average molecular weight is 964 g/mol. The third-order valence-electron chi connectivity index (χ3n) is 13.8. The quantitative estimate of drug-likeness (QED) is 0.0842. The normalized spacial score (nSPS) is 18.6. The Morgan fingerprint density at radius 2 is 1.51 bits per heavy atom. The molecule has 0 unspecified atom stereocenters. The Morgan fingerprint density at radius 3 is 2.09 bits per heavy atom. The van der Waals surface area contributed by atoms with Crippen LogP contribution < -0.4 is 10.6 Å². The van der Waals surface area contributed by atoms with Crippen LogP contribution in [0.3, 0.4) is 0 Å². The van der Waals surface area contributed by atoms with Gasteiger partial charge < -0.3 is 24.6 Å². The summed E-state index contributed by atoms with van der Waals surface area (Å²) in [6.45, 7) is 14.2. The summed E-state index contributed by atoms with van der Waals surface area (Å²) in [6, 6.07) is 7.14. The molecule has 1 aromatic carbocycles. The van der Waals surface area contributed by atoms with Gasteiger partial charge in [-0.15, -0.1) is 11.3 Å². The minimum atomic E-state index is -0.919. The minimum absolute atomic E-state index is 0.0198. The average Bonchev–Trinajstić information content (AvgIpc) is 4.09. The van der Waals surface area contributed by atoms with Gasteiger partial charge in [-0.2, -0.15) is 0 Å². The maximum Gasteiger partial charge on any atom is 0.253 e. The van der Waals surface area contributed by atoms with Gasteiger partial charge in [0.05, 0.1) is 42.7 Å². The number of unbranched alkanes of at least 4 members (excludes halogenated alkanes) is 2. The van der Waals surface area contributed by atoms with Gasteiger partial charge in [-0.1, -0.05) is 91.6 Å². The zero-order chi connectivity index (χ0) is 50.2. The van der Waals surface area contributed by atoms with Gasteiger partial charge in [0.1, 0.15) is 11.0 Å². The fourth-order valence-electron chi connectivity index (χ4n) is 10.00. The third kappa shape index (κ3) is 14.6. The molecule has 0 aliphatic carbocycles. The minimum Gasteiger partial charge on any atom is -0.379 e. The lowest BCUT2D eigenvalue weighted by Gasteiger charge is -2.43. The van der Waals surface area contributed by atoms with E-state index in [0.717, 1.165) is 23.4 Å². The van der Waals surface area contributed by atoms with Gasteiger partial charge in [0.2, 0.25) is 29.5 Å². The van der Waals surface area contributed by atoms with Crippen molar-refractivity contribution < 1.29 is 43.0 Å². The highest BCUT2D eigenvalue weighted by molar-refractivity contribution is 7.09. The molecule has 0 spiro atoms. The number of methoxy groups -OCH3 is 2. The molecule has 2 aromatic rings. The van der Waals surface area contributed by atoms with Crippen LogP contribution in [0.2, 0.25) is 0 Å². The number of hydrogen-bond acceptors (Lipinski definition) is 12. The van der Waals surface area contributed by atoms with Crippen molar-refractivity contribution in [3.8, 4) is 0 Å². The predicted molar refractivity (Wildman–Crippen MR) is 262 cm³/mol. The Morgan fingerprint density at radius 1 is 0.868 bits per heavy atom. The number of amides is 7. The standard InChI is InChI=1S/C51H77N7O9S/c1-12-34(6)46(56(9)45(33(4)5)50(65)54-49(64)44(32(2)3)55(8)40(59)23-17-14-18-27-58-41(60)24-25-42(58)61)39(66-10)31-43(62)57-28-19-22-38(57)47(67-11)35(7)48(63)53-37(51-52-26-29-68-51)30-36-20-15-13-16-21-36/h13,15-16,20-21,24-26,29,32-35,37-39,44-47H,12,14,17-19,22-23,27-28,30-31H2,1-11H3,(H,53,63)(H,54,64,65)/t34-,35+,37-,38-,39+,44-,45-,46-,47+/m0/s1. The van der Waals surface area contributed by atoms with Crippen LogP contribution >= 0.6 is 11.3 Å². The number of hydrogen-bond donors (Lipinski definition) is 2. The summed E-state index contributed by atoms with van der Waals surface area (Å²) < 4.78 is 12.2. The van der Waals surface area contributed by atoms with Gasteiger partial charge in [0.15, 0.2) is 0 Å². The van der Waals surface area contributed by atoms with Crippen molar-refractivity contribution >= 4 is 52.7 Å². The van der Waals surface area contributed by atoms with Crippen molar-refractivity contribution in [3.63, 3.8) is 0 Å². The number of nitrogens with one attached hydrogen (secondary N) is 2. The number of carbonyl (C=O) groups excluding carboxylic acids is 7. The summed E-state index contributed by atoms with van der Waals surface area (Å²) in [4.78, 5) is 105. The first-order valence-corrected chi connectivity index (χ1v) is 25.2. The van der Waals surface area contributed by atoms with E-state index in [0.29, 0.717) is 38.6 Å². The third-order valence-corrected chi connectivity index (χ3v) is 14.6. The Hall–Kier alpha value is -4.84. The molecule has 1 fully saturated rings. The van der Waals surface area contributed by atoms with Crippen molar-refractivity contribution in [3.05, 3.63) is 64.6 Å². The van der Waals surface area contributed by atoms with E-state index in [-0.39, 0.29) is 78.8 Å². The number of likely N-dealkylation sites (tertiary alicyclic amines) is 1. The Kier molecular flexibility index (Phi) is 22.0. The van der Waals surface area contributed by atoms with Crippen molar-refractivity contribution in [1.29, 1.82) is 0 Å². The number of rotatable bonds is 27. The summed E-state index contributed by atoms with van der Waals surface area (Å²) in [6.07, 6.45) is 7.57. The number of imide groups is 2. The molecule has 4 rings (SSSR count). The summed E-state index contributed by atoms with van der Waals surface area (Å²) in [5.74, 6) is -3.54. The lowest BCUT2D eigenvalue weighted by atomic mass is 9.87. The molecule has 68 heavy (non-hydrogen) atoms. The first-order chi connectivity index (χ1) is 32.4. The highest BCUT2D eigenvalue weighted by atomic mass is 32.1. The van der Waals surface area contributed by atoms with Crippen molar-refractivity contribution in [1.82, 2.24) is 35.2 Å². The first-order valence-electron chi connectivity index (χ1n) is 24.3. The molecule has 2 aliphatic rings. The molecule has 0 saturated carbocycles. The van der Waals surface area contributed by atoms with Crippen LogP contribution in [-0.4, -0.2) is 144 Å². The monoisotopic (exact) mass is 964 g/mol. The van der Waals surface area contributed by atoms with Gasteiger partial charge in [0, 0.05) is 70.5 Å². The van der Waals surface area contributed by atoms with Crippen molar-refractivity contribution in [2.75, 3.05) is 41.4 Å². The van der Waals surface area contributed by atoms with Crippen LogP contribution in [0.5, 0.6) is 0 Å². The summed E-state index contributed by atoms with van der Waals surface area (Å²) in [7, 11) is 6.55. The van der Waals surface area contributed by atoms with E-state index >= 15 is 0 Å². The molecule has 1 saturated heterocycles. The highest BCUT2D eigenvalue weighted by Gasteiger charge is 2.44. The van der Waals surface area contributed by atoms with E-state index in [2.05, 4.69) is 22.5 Å². The molecule has 9 atom stereocenters. The fraction of sp³-hybridized carbons (Fsp3) is 0.647. The highest BCUT2D eigenvalue weighted by Crippen LogP contribution is 2.31. The SMILES string of the molecule is CC[C@H](C)[C@@H]([C@@H](CC(=O)N1CCC[C@H]1[C@H](OC)[C@@H](C)C(=O)N[C@@H](Cc1ccccc1)c1nccs1)OC)N(C)[C@H](C(=O)NC(=O)[C@H](C(C)C)N(C)C(=O)CCCCCN1C(=O)C=CC1=O)C(C)C. The molecule has 2 aliphatic heterocycles. The number of ether oxygens (including phenoxy) is 2. The predicted octanol–water partition coefficient (Wildman–Crippen LogP) is 5.57. The zero-order valence-corrected chi connectivity index (χ0v) is 43.0. The van der Waals surface area contributed by atoms with Crippen LogP contribution in [-0.2, 0) is 49.5 Å². The van der Waals surface area contributed by atoms with E-state index in [1.807, 2.05) is 94.1 Å². The molecule has 376 valence electrons. The van der Waals surface area contributed by atoms with E-state index in [9.17, 15) is 33.6 Å². The van der Waals surface area contributed by atoms with Crippen LogP contribution in [0.1, 0.15) is 116 Å². The maximum atomic E-state index is 14.5. The number of likely N-dealkylation sites (N-methyl/N-ethyl adjacent to an activating group) is 2. The molecular formula is C51H77N7O9S. The number of nitrogens with zero attached hydrogens (tertiary/aromatic N) is 5. The largest absolute Gasteiger partial charge is 0.379 e. The molecular weight excluding hydrogens is 887 g/mol. The van der Waals surface area contributed by atoms with Crippen molar-refractivity contribution in [2.24, 2.45) is 23.7 Å². The molecule has 0 radical (unpaired) electrons. The van der Waals surface area contributed by atoms with Gasteiger partial charge in [-0.3, -0.25) is 48.7 Å². The van der Waals surface area contributed by atoms with Crippen LogP contribution in [0.4, 0.5) is 0 Å². The van der Waals surface area contributed by atoms with Crippen LogP contribution in [0.25, 0.3) is 0 Å². The lowest BCUT2D eigenvalue weighted by molar-refractivity contribution is -0.146. The van der Waals surface area contributed by atoms with E-state index in [1.165, 1.54) is 33.3 Å². The second-order valence-electron chi connectivity index (χ2n) is 19.1. The maximum absolute atomic E-state index is 14.5. The molecule has 3 heterocycles.